The Hall–Kier alpha value is -0.230. The number of carbonyl (C=O) groups excluding carboxylic acids is 1. The van der Waals surface area contributed by atoms with Crippen molar-refractivity contribution in [3.05, 3.63) is 29.8 Å². The van der Waals surface area contributed by atoms with E-state index in [1.54, 1.807) is 11.8 Å². The van der Waals surface area contributed by atoms with Gasteiger partial charge in [0, 0.05) is 11.4 Å². The standard InChI is InChI=1S/C12H16INOS/c1-16-11-7-3-2-6-10(11)12(15)14-9-5-4-8-13/h2-3,6-7H,4-5,8-9H2,1H3,(H,14,15). The summed E-state index contributed by atoms with van der Waals surface area (Å²) in [5, 5.41) is 2.95. The summed E-state index contributed by atoms with van der Waals surface area (Å²) in [7, 11) is 0. The number of nitrogens with one attached hydrogen (secondary N) is 1. The molecule has 1 amide bonds. The number of carbonyl (C=O) groups is 1. The highest BCUT2D eigenvalue weighted by Crippen LogP contribution is 2.19. The Morgan fingerprint density at radius 2 is 2.12 bits per heavy atom. The van der Waals surface area contributed by atoms with E-state index in [2.05, 4.69) is 27.9 Å². The predicted molar refractivity (Wildman–Crippen MR) is 78.7 cm³/mol. The normalized spacial score (nSPS) is 10.1. The van der Waals surface area contributed by atoms with Gasteiger partial charge in [-0.15, -0.1) is 11.8 Å². The number of alkyl halides is 1. The van der Waals surface area contributed by atoms with E-state index in [0.29, 0.717) is 0 Å². The van der Waals surface area contributed by atoms with Crippen LogP contribution in [0.4, 0.5) is 0 Å². The van der Waals surface area contributed by atoms with Crippen LogP contribution in [0, 0.1) is 0 Å². The van der Waals surface area contributed by atoms with E-state index < -0.39 is 0 Å². The number of rotatable bonds is 6. The van der Waals surface area contributed by atoms with Crippen LogP contribution in [-0.2, 0) is 0 Å². The summed E-state index contributed by atoms with van der Waals surface area (Å²) in [6.07, 6.45) is 4.20. The maximum Gasteiger partial charge on any atom is 0.252 e. The first-order valence-corrected chi connectivity index (χ1v) is 8.01. The van der Waals surface area contributed by atoms with Gasteiger partial charge in [-0.25, -0.2) is 0 Å². The van der Waals surface area contributed by atoms with Gasteiger partial charge < -0.3 is 5.32 Å². The fraction of sp³-hybridized carbons (Fsp3) is 0.417. The lowest BCUT2D eigenvalue weighted by Crippen LogP contribution is -2.24. The van der Waals surface area contributed by atoms with Crippen LogP contribution in [0.3, 0.4) is 0 Å². The molecule has 0 aliphatic rings. The zero-order valence-electron chi connectivity index (χ0n) is 9.33. The molecule has 0 fully saturated rings. The highest BCUT2D eigenvalue weighted by Gasteiger charge is 2.08. The first-order chi connectivity index (χ1) is 7.79. The third-order valence-electron chi connectivity index (χ3n) is 2.20. The molecule has 0 saturated carbocycles. The summed E-state index contributed by atoms with van der Waals surface area (Å²) < 4.78 is 1.15. The van der Waals surface area contributed by atoms with Crippen LogP contribution in [0.15, 0.2) is 29.2 Å². The zero-order valence-corrected chi connectivity index (χ0v) is 12.3. The van der Waals surface area contributed by atoms with Crippen LogP contribution in [0.5, 0.6) is 0 Å². The number of thioether (sulfide) groups is 1. The summed E-state index contributed by atoms with van der Waals surface area (Å²) in [5.74, 6) is 0.0402. The number of amides is 1. The lowest BCUT2D eigenvalue weighted by atomic mass is 10.2. The second kappa shape index (κ2) is 7.95. The molecule has 1 N–H and O–H groups in total. The van der Waals surface area contributed by atoms with Crippen molar-refractivity contribution in [2.24, 2.45) is 0 Å². The monoisotopic (exact) mass is 349 g/mol. The minimum absolute atomic E-state index is 0.0402. The smallest absolute Gasteiger partial charge is 0.252 e. The largest absolute Gasteiger partial charge is 0.352 e. The van der Waals surface area contributed by atoms with E-state index in [4.69, 9.17) is 0 Å². The summed E-state index contributed by atoms with van der Waals surface area (Å²) in [5.41, 5.74) is 0.782. The van der Waals surface area contributed by atoms with Crippen molar-refractivity contribution in [3.63, 3.8) is 0 Å². The van der Waals surface area contributed by atoms with E-state index in [-0.39, 0.29) is 5.91 Å². The van der Waals surface area contributed by atoms with Crippen LogP contribution >= 0.6 is 34.4 Å². The van der Waals surface area contributed by atoms with Gasteiger partial charge in [0.1, 0.15) is 0 Å². The highest BCUT2D eigenvalue weighted by atomic mass is 127. The maximum absolute atomic E-state index is 11.9. The summed E-state index contributed by atoms with van der Waals surface area (Å²) in [6, 6.07) is 7.71. The van der Waals surface area contributed by atoms with Crippen LogP contribution in [-0.4, -0.2) is 23.1 Å². The number of hydrogen-bond acceptors (Lipinski definition) is 2. The van der Waals surface area contributed by atoms with Crippen molar-refractivity contribution in [3.8, 4) is 0 Å². The Balaban J connectivity index is 2.52. The van der Waals surface area contributed by atoms with Gasteiger partial charge in [-0.05, 0) is 35.7 Å². The van der Waals surface area contributed by atoms with Crippen LogP contribution < -0.4 is 5.32 Å². The number of unbranched alkanes of at least 4 members (excludes halogenated alkanes) is 1. The molecule has 0 heterocycles. The molecular weight excluding hydrogens is 333 g/mol. The molecule has 88 valence electrons. The fourth-order valence-corrected chi connectivity index (χ4v) is 2.48. The van der Waals surface area contributed by atoms with Crippen molar-refractivity contribution in [2.45, 2.75) is 17.7 Å². The van der Waals surface area contributed by atoms with Gasteiger partial charge in [-0.3, -0.25) is 4.79 Å². The van der Waals surface area contributed by atoms with E-state index >= 15 is 0 Å². The predicted octanol–water partition coefficient (Wildman–Crippen LogP) is 3.35. The summed E-state index contributed by atoms with van der Waals surface area (Å²) in [4.78, 5) is 12.9. The molecule has 0 radical (unpaired) electrons. The second-order valence-corrected chi connectivity index (χ2v) is 5.28. The quantitative estimate of drug-likeness (QED) is 0.369. The lowest BCUT2D eigenvalue weighted by molar-refractivity contribution is 0.0950. The van der Waals surface area contributed by atoms with Gasteiger partial charge in [-0.1, -0.05) is 34.7 Å². The van der Waals surface area contributed by atoms with Gasteiger partial charge in [0.2, 0.25) is 0 Å². The average molecular weight is 349 g/mol. The lowest BCUT2D eigenvalue weighted by Gasteiger charge is -2.07. The van der Waals surface area contributed by atoms with Gasteiger partial charge >= 0.3 is 0 Å². The fourth-order valence-electron chi connectivity index (χ4n) is 1.35. The number of hydrogen-bond donors (Lipinski definition) is 1. The molecule has 1 aromatic rings. The van der Waals surface area contributed by atoms with E-state index in [1.807, 2.05) is 30.5 Å². The Kier molecular flexibility index (Phi) is 6.87. The Bertz CT molecular complexity index is 344. The molecule has 1 rings (SSSR count). The van der Waals surface area contributed by atoms with Crippen molar-refractivity contribution in [1.82, 2.24) is 5.32 Å². The van der Waals surface area contributed by atoms with Gasteiger partial charge in [0.25, 0.3) is 5.91 Å². The minimum atomic E-state index is 0.0402. The van der Waals surface area contributed by atoms with E-state index in [1.165, 1.54) is 0 Å². The number of benzene rings is 1. The van der Waals surface area contributed by atoms with Gasteiger partial charge in [-0.2, -0.15) is 0 Å². The third-order valence-corrected chi connectivity index (χ3v) is 3.76. The Labute approximate surface area is 115 Å². The first-order valence-electron chi connectivity index (χ1n) is 5.26. The van der Waals surface area contributed by atoms with Crippen molar-refractivity contribution < 1.29 is 4.79 Å². The maximum atomic E-state index is 11.9. The van der Waals surface area contributed by atoms with Crippen molar-refractivity contribution in [1.29, 1.82) is 0 Å². The van der Waals surface area contributed by atoms with Crippen LogP contribution in [0.2, 0.25) is 0 Å². The average Bonchev–Trinajstić information content (AvgIpc) is 2.34. The Morgan fingerprint density at radius 1 is 1.38 bits per heavy atom. The van der Waals surface area contributed by atoms with Crippen molar-refractivity contribution in [2.75, 3.05) is 17.2 Å². The highest BCUT2D eigenvalue weighted by molar-refractivity contribution is 14.1. The van der Waals surface area contributed by atoms with Crippen LogP contribution in [0.25, 0.3) is 0 Å². The van der Waals surface area contributed by atoms with E-state index in [9.17, 15) is 4.79 Å². The molecule has 0 aliphatic heterocycles. The molecule has 16 heavy (non-hydrogen) atoms. The topological polar surface area (TPSA) is 29.1 Å². The summed E-state index contributed by atoms with van der Waals surface area (Å²) in [6.45, 7) is 0.768. The van der Waals surface area contributed by atoms with Crippen molar-refractivity contribution >= 4 is 40.3 Å². The molecule has 0 unspecified atom stereocenters. The first kappa shape index (κ1) is 13.8. The van der Waals surface area contributed by atoms with E-state index in [0.717, 1.165) is 34.3 Å². The molecule has 0 saturated heterocycles. The molecule has 0 bridgehead atoms. The second-order valence-electron chi connectivity index (χ2n) is 3.35. The number of halogens is 1. The minimum Gasteiger partial charge on any atom is -0.352 e. The molecule has 0 aliphatic carbocycles. The zero-order chi connectivity index (χ0) is 11.8. The molecular formula is C12H16INOS. The molecule has 2 nitrogen and oxygen atoms in total. The van der Waals surface area contributed by atoms with Crippen LogP contribution in [0.1, 0.15) is 23.2 Å². The van der Waals surface area contributed by atoms with Gasteiger partial charge in [0.05, 0.1) is 5.56 Å². The van der Waals surface area contributed by atoms with Gasteiger partial charge in [0.15, 0.2) is 0 Å². The Morgan fingerprint density at radius 3 is 2.81 bits per heavy atom. The third kappa shape index (κ3) is 4.33. The molecule has 1 aromatic carbocycles. The summed E-state index contributed by atoms with van der Waals surface area (Å²) >= 11 is 3.96. The SMILES string of the molecule is CSc1ccccc1C(=O)NCCCCI. The molecule has 0 aromatic heterocycles. The molecule has 0 spiro atoms. The molecule has 0 atom stereocenters. The molecule has 4 heteroatoms.